The largest absolute Gasteiger partial charge is 0.497 e. The van der Waals surface area contributed by atoms with Gasteiger partial charge in [0.2, 0.25) is 10.8 Å². The fourth-order valence-electron chi connectivity index (χ4n) is 3.80. The summed E-state index contributed by atoms with van der Waals surface area (Å²) in [6.45, 7) is 6.17. The molecule has 0 amide bonds. The van der Waals surface area contributed by atoms with Gasteiger partial charge in [0.15, 0.2) is 0 Å². The molecule has 1 saturated heterocycles. The summed E-state index contributed by atoms with van der Waals surface area (Å²) in [5, 5.41) is 15.2. The number of benzene rings is 1. The number of ether oxygens (including phenoxy) is 1. The van der Waals surface area contributed by atoms with Crippen LogP contribution in [0.15, 0.2) is 24.3 Å². The molecule has 0 aliphatic carbocycles. The lowest BCUT2D eigenvalue weighted by Crippen LogP contribution is -2.37. The number of aryl methyl sites for hydroxylation is 1. The molecular formula is C19H24N4O2S. The molecule has 1 aliphatic rings. The van der Waals surface area contributed by atoms with Crippen LogP contribution in [0.4, 0.5) is 0 Å². The number of nitrogens with zero attached hydrogens (tertiary/aromatic N) is 4. The second-order valence-electron chi connectivity index (χ2n) is 7.06. The third kappa shape index (κ3) is 3.05. The zero-order valence-electron chi connectivity index (χ0n) is 15.3. The van der Waals surface area contributed by atoms with Crippen molar-refractivity contribution >= 4 is 16.3 Å². The van der Waals surface area contributed by atoms with E-state index in [1.165, 1.54) is 24.2 Å². The second-order valence-corrected chi connectivity index (χ2v) is 8.07. The number of piperidine rings is 1. The summed E-state index contributed by atoms with van der Waals surface area (Å²) in [7, 11) is 1.67. The zero-order chi connectivity index (χ0) is 18.3. The molecule has 1 aromatic carbocycles. The second kappa shape index (κ2) is 6.89. The molecule has 0 radical (unpaired) electrons. The normalized spacial score (nSPS) is 19.7. The van der Waals surface area contributed by atoms with Crippen molar-refractivity contribution in [3.8, 4) is 11.6 Å². The molecule has 26 heavy (non-hydrogen) atoms. The molecule has 6 nitrogen and oxygen atoms in total. The maximum Gasteiger partial charge on any atom is 0.230 e. The Morgan fingerprint density at radius 1 is 1.31 bits per heavy atom. The average Bonchev–Trinajstić information content (AvgIpc) is 3.14. The fourth-order valence-corrected chi connectivity index (χ4v) is 4.96. The highest BCUT2D eigenvalue weighted by Gasteiger charge is 2.31. The maximum atomic E-state index is 10.9. The van der Waals surface area contributed by atoms with Crippen LogP contribution >= 0.6 is 11.3 Å². The molecule has 2 aromatic heterocycles. The first kappa shape index (κ1) is 17.3. The standard InChI is InChI=1S/C19H24N4O2S/c1-12-5-4-10-22(11-12)16(14-6-8-15(25-3)9-7-14)17-18(24)23-19(26-17)20-13(2)21-23/h6-9,12,16,24H,4-5,10-11H2,1-3H3/t12-,16-/m0/s1. The highest BCUT2D eigenvalue weighted by molar-refractivity contribution is 7.17. The van der Waals surface area contributed by atoms with Gasteiger partial charge >= 0.3 is 0 Å². The summed E-state index contributed by atoms with van der Waals surface area (Å²) < 4.78 is 6.86. The third-order valence-electron chi connectivity index (χ3n) is 5.04. The minimum absolute atomic E-state index is 0.00235. The smallest absolute Gasteiger partial charge is 0.230 e. The van der Waals surface area contributed by atoms with Crippen LogP contribution in [0.5, 0.6) is 11.6 Å². The summed E-state index contributed by atoms with van der Waals surface area (Å²) >= 11 is 1.52. The van der Waals surface area contributed by atoms with E-state index in [9.17, 15) is 5.11 Å². The lowest BCUT2D eigenvalue weighted by molar-refractivity contribution is 0.149. The Kier molecular flexibility index (Phi) is 4.58. The lowest BCUT2D eigenvalue weighted by Gasteiger charge is -2.37. The number of hydrogen-bond acceptors (Lipinski definition) is 6. The first-order valence-corrected chi connectivity index (χ1v) is 9.81. The first-order valence-electron chi connectivity index (χ1n) is 9.00. The molecule has 3 heterocycles. The van der Waals surface area contributed by atoms with Gasteiger partial charge in [-0.1, -0.05) is 30.4 Å². The number of methoxy groups -OCH3 is 1. The van der Waals surface area contributed by atoms with Gasteiger partial charge in [0.25, 0.3) is 0 Å². The maximum absolute atomic E-state index is 10.9. The van der Waals surface area contributed by atoms with E-state index in [1.54, 1.807) is 11.6 Å². The minimum atomic E-state index is -0.00235. The van der Waals surface area contributed by atoms with Crippen molar-refractivity contribution in [2.24, 2.45) is 5.92 Å². The Balaban J connectivity index is 1.80. The van der Waals surface area contributed by atoms with Crippen LogP contribution < -0.4 is 4.74 Å². The monoisotopic (exact) mass is 372 g/mol. The van der Waals surface area contributed by atoms with Crippen molar-refractivity contribution in [2.45, 2.75) is 32.7 Å². The van der Waals surface area contributed by atoms with Crippen LogP contribution in [-0.4, -0.2) is 44.8 Å². The van der Waals surface area contributed by atoms with Crippen molar-refractivity contribution in [1.82, 2.24) is 19.5 Å². The highest BCUT2D eigenvalue weighted by Crippen LogP contribution is 2.41. The Morgan fingerprint density at radius 2 is 2.08 bits per heavy atom. The molecule has 7 heteroatoms. The van der Waals surface area contributed by atoms with Crippen LogP contribution in [0, 0.1) is 12.8 Å². The summed E-state index contributed by atoms with van der Waals surface area (Å²) in [6.07, 6.45) is 2.43. The van der Waals surface area contributed by atoms with Gasteiger partial charge in [0.1, 0.15) is 11.6 Å². The quantitative estimate of drug-likeness (QED) is 0.758. The fraction of sp³-hybridized carbons (Fsp3) is 0.474. The van der Waals surface area contributed by atoms with Gasteiger partial charge in [-0.2, -0.15) is 4.52 Å². The molecule has 0 spiro atoms. The Bertz CT molecular complexity index is 902. The molecule has 0 unspecified atom stereocenters. The van der Waals surface area contributed by atoms with Crippen LogP contribution in [0.2, 0.25) is 0 Å². The number of hydrogen-bond donors (Lipinski definition) is 1. The molecule has 4 rings (SSSR count). The lowest BCUT2D eigenvalue weighted by atomic mass is 9.95. The van der Waals surface area contributed by atoms with E-state index >= 15 is 0 Å². The van der Waals surface area contributed by atoms with Gasteiger partial charge in [0, 0.05) is 6.54 Å². The minimum Gasteiger partial charge on any atom is -0.497 e. The molecular weight excluding hydrogens is 348 g/mol. The molecule has 1 aliphatic heterocycles. The Labute approximate surface area is 157 Å². The summed E-state index contributed by atoms with van der Waals surface area (Å²) in [4.78, 5) is 8.53. The predicted molar refractivity (Wildman–Crippen MR) is 102 cm³/mol. The van der Waals surface area contributed by atoms with Crippen LogP contribution in [0.25, 0.3) is 4.96 Å². The van der Waals surface area contributed by atoms with Crippen molar-refractivity contribution in [3.05, 3.63) is 40.5 Å². The number of aromatic nitrogens is 3. The number of rotatable bonds is 4. The van der Waals surface area contributed by atoms with Crippen LogP contribution in [0.3, 0.4) is 0 Å². The molecule has 1 fully saturated rings. The molecule has 0 bridgehead atoms. The summed E-state index contributed by atoms with van der Waals surface area (Å²) in [5.41, 5.74) is 1.15. The van der Waals surface area contributed by atoms with Crippen molar-refractivity contribution in [1.29, 1.82) is 0 Å². The van der Waals surface area contributed by atoms with Gasteiger partial charge in [-0.15, -0.1) is 5.10 Å². The van der Waals surface area contributed by atoms with Crippen molar-refractivity contribution in [2.75, 3.05) is 20.2 Å². The molecule has 2 atom stereocenters. The van der Waals surface area contributed by atoms with E-state index < -0.39 is 0 Å². The molecule has 138 valence electrons. The SMILES string of the molecule is COc1ccc([C@@H](c2sc3nc(C)nn3c2O)N2CCC[C@H](C)C2)cc1. The highest BCUT2D eigenvalue weighted by atomic mass is 32.1. The van der Waals surface area contributed by atoms with E-state index in [1.807, 2.05) is 19.1 Å². The molecule has 3 aromatic rings. The van der Waals surface area contributed by atoms with Gasteiger partial charge in [-0.05, 0) is 49.9 Å². The zero-order valence-corrected chi connectivity index (χ0v) is 16.2. The number of aromatic hydroxyl groups is 1. The van der Waals surface area contributed by atoms with Crippen LogP contribution in [0.1, 0.15) is 42.1 Å². The third-order valence-corrected chi connectivity index (χ3v) is 6.11. The van der Waals surface area contributed by atoms with Crippen molar-refractivity contribution in [3.63, 3.8) is 0 Å². The number of fused-ring (bicyclic) bond motifs is 1. The van der Waals surface area contributed by atoms with E-state index in [0.29, 0.717) is 11.7 Å². The van der Waals surface area contributed by atoms with E-state index in [2.05, 4.69) is 34.0 Å². The molecule has 0 saturated carbocycles. The summed E-state index contributed by atoms with van der Waals surface area (Å²) in [6, 6.07) is 8.13. The summed E-state index contributed by atoms with van der Waals surface area (Å²) in [5.74, 6) is 2.36. The first-order chi connectivity index (χ1) is 12.6. The van der Waals surface area contributed by atoms with Gasteiger partial charge in [0.05, 0.1) is 18.0 Å². The van der Waals surface area contributed by atoms with E-state index in [0.717, 1.165) is 34.2 Å². The molecule has 1 N–H and O–H groups in total. The Morgan fingerprint density at radius 3 is 2.73 bits per heavy atom. The number of likely N-dealkylation sites (tertiary alicyclic amines) is 1. The Hall–Kier alpha value is -2.12. The van der Waals surface area contributed by atoms with Gasteiger partial charge in [-0.3, -0.25) is 4.90 Å². The van der Waals surface area contributed by atoms with E-state index in [-0.39, 0.29) is 11.9 Å². The topological polar surface area (TPSA) is 62.9 Å². The average molecular weight is 372 g/mol. The van der Waals surface area contributed by atoms with Crippen LogP contribution in [-0.2, 0) is 0 Å². The van der Waals surface area contributed by atoms with Gasteiger partial charge in [-0.25, -0.2) is 4.98 Å². The van der Waals surface area contributed by atoms with Gasteiger partial charge < -0.3 is 9.84 Å². The number of thiazole rings is 1. The predicted octanol–water partition coefficient (Wildman–Crippen LogP) is 3.63. The van der Waals surface area contributed by atoms with Crippen molar-refractivity contribution < 1.29 is 9.84 Å². The van der Waals surface area contributed by atoms with E-state index in [4.69, 9.17) is 4.74 Å².